The van der Waals surface area contributed by atoms with Crippen molar-refractivity contribution in [3.8, 4) is 0 Å². The van der Waals surface area contributed by atoms with Crippen molar-refractivity contribution in [2.45, 2.75) is 12.4 Å². The first kappa shape index (κ1) is 15.9. The molecule has 0 atom stereocenters. The lowest BCUT2D eigenvalue weighted by atomic mass is 9.97. The summed E-state index contributed by atoms with van der Waals surface area (Å²) < 4.78 is 77.0. The molecule has 9 heteroatoms. The minimum Gasteiger partial charge on any atom is -0.288 e. The normalized spacial score (nSPS) is 12.3. The first-order chi connectivity index (χ1) is 10.1. The maximum Gasteiger partial charge on any atom is 0.417 e. The number of carbonyl (C=O) groups excluding carboxylic acids is 1. The molecule has 0 unspecified atom stereocenters. The van der Waals surface area contributed by atoms with Gasteiger partial charge in [-0.15, -0.1) is 0 Å². The summed E-state index contributed by atoms with van der Waals surface area (Å²) in [5, 5.41) is 0. The fourth-order valence-electron chi connectivity index (χ4n) is 1.79. The number of ketones is 1. The number of hydrogen-bond donors (Lipinski definition) is 0. The highest BCUT2D eigenvalue weighted by atomic mass is 19.4. The maximum absolute atomic E-state index is 12.8. The summed E-state index contributed by atoms with van der Waals surface area (Å²) in [5.41, 5.74) is -4.64. The number of rotatable bonds is 2. The van der Waals surface area contributed by atoms with Gasteiger partial charge in [0.1, 0.15) is 0 Å². The Morgan fingerprint density at radius 2 is 1.14 bits per heavy atom. The highest BCUT2D eigenvalue weighted by molar-refractivity contribution is 6.10. The molecular formula is C13H6F6N2O. The summed E-state index contributed by atoms with van der Waals surface area (Å²) in [7, 11) is 0. The third kappa shape index (κ3) is 3.07. The van der Waals surface area contributed by atoms with Crippen molar-refractivity contribution < 1.29 is 31.1 Å². The van der Waals surface area contributed by atoms with Crippen LogP contribution in [0.1, 0.15) is 27.0 Å². The van der Waals surface area contributed by atoms with Crippen LogP contribution in [0, 0.1) is 0 Å². The number of carbonyl (C=O) groups is 1. The van der Waals surface area contributed by atoms with Crippen molar-refractivity contribution in [1.82, 2.24) is 9.97 Å². The molecule has 0 aliphatic carbocycles. The van der Waals surface area contributed by atoms with Crippen molar-refractivity contribution in [3.05, 3.63) is 59.2 Å². The van der Waals surface area contributed by atoms with Crippen molar-refractivity contribution in [2.75, 3.05) is 0 Å². The molecule has 2 aromatic heterocycles. The Morgan fingerprint density at radius 1 is 0.773 bits per heavy atom. The summed E-state index contributed by atoms with van der Waals surface area (Å²) >= 11 is 0. The van der Waals surface area contributed by atoms with Gasteiger partial charge in [-0.2, -0.15) is 26.3 Å². The molecule has 0 fully saturated rings. The van der Waals surface area contributed by atoms with E-state index in [-0.39, 0.29) is 0 Å². The van der Waals surface area contributed by atoms with E-state index in [1.54, 1.807) is 0 Å². The van der Waals surface area contributed by atoms with E-state index in [9.17, 15) is 31.1 Å². The van der Waals surface area contributed by atoms with Crippen LogP contribution in [0.2, 0.25) is 0 Å². The first-order valence-electron chi connectivity index (χ1n) is 5.69. The van der Waals surface area contributed by atoms with Gasteiger partial charge in [0, 0.05) is 24.8 Å². The summed E-state index contributed by atoms with van der Waals surface area (Å²) in [6, 6.07) is 1.05. The summed E-state index contributed by atoms with van der Waals surface area (Å²) in [4.78, 5) is 18.9. The Bertz CT molecular complexity index is 649. The first-order valence-corrected chi connectivity index (χ1v) is 5.69. The van der Waals surface area contributed by atoms with E-state index in [1.807, 2.05) is 0 Å². The molecule has 3 nitrogen and oxygen atoms in total. The molecule has 0 aliphatic heterocycles. The molecule has 0 spiro atoms. The van der Waals surface area contributed by atoms with Crippen LogP contribution in [0.5, 0.6) is 0 Å². The Morgan fingerprint density at radius 3 is 1.45 bits per heavy atom. The van der Waals surface area contributed by atoms with E-state index in [2.05, 4.69) is 9.97 Å². The summed E-state index contributed by atoms with van der Waals surface area (Å²) in [5.74, 6) is -1.44. The third-order valence-electron chi connectivity index (χ3n) is 2.74. The van der Waals surface area contributed by atoms with Gasteiger partial charge in [-0.1, -0.05) is 0 Å². The maximum atomic E-state index is 12.8. The van der Waals surface area contributed by atoms with Gasteiger partial charge in [0.2, 0.25) is 0 Å². The van der Waals surface area contributed by atoms with Crippen LogP contribution >= 0.6 is 0 Å². The Hall–Kier alpha value is -2.45. The highest BCUT2D eigenvalue weighted by Crippen LogP contribution is 2.35. The molecule has 116 valence electrons. The smallest absolute Gasteiger partial charge is 0.288 e. The molecule has 0 bridgehead atoms. The number of halogens is 6. The van der Waals surface area contributed by atoms with Gasteiger partial charge in [-0.3, -0.25) is 14.8 Å². The lowest BCUT2D eigenvalue weighted by molar-refractivity contribution is -0.138. The van der Waals surface area contributed by atoms with Crippen LogP contribution in [0.25, 0.3) is 0 Å². The van der Waals surface area contributed by atoms with Crippen LogP contribution in [0.3, 0.4) is 0 Å². The average molecular weight is 320 g/mol. The van der Waals surface area contributed by atoms with E-state index >= 15 is 0 Å². The van der Waals surface area contributed by atoms with E-state index in [0.29, 0.717) is 24.5 Å². The van der Waals surface area contributed by atoms with Crippen LogP contribution in [0.15, 0.2) is 36.9 Å². The van der Waals surface area contributed by atoms with E-state index < -0.39 is 40.4 Å². The lowest BCUT2D eigenvalue weighted by Gasteiger charge is -2.14. The van der Waals surface area contributed by atoms with E-state index in [4.69, 9.17) is 0 Å². The summed E-state index contributed by atoms with van der Waals surface area (Å²) in [6.07, 6.45) is -7.03. The van der Waals surface area contributed by atoms with Crippen molar-refractivity contribution in [2.24, 2.45) is 0 Å². The Balaban J connectivity index is 2.61. The molecular weight excluding hydrogens is 314 g/mol. The van der Waals surface area contributed by atoms with Crippen molar-refractivity contribution >= 4 is 5.78 Å². The van der Waals surface area contributed by atoms with Gasteiger partial charge in [0.15, 0.2) is 5.78 Å². The van der Waals surface area contributed by atoms with E-state index in [1.165, 1.54) is 0 Å². The molecule has 0 aliphatic rings. The summed E-state index contributed by atoms with van der Waals surface area (Å²) in [6.45, 7) is 0. The quantitative estimate of drug-likeness (QED) is 0.625. The fourth-order valence-corrected chi connectivity index (χ4v) is 1.79. The monoisotopic (exact) mass is 320 g/mol. The highest BCUT2D eigenvalue weighted by Gasteiger charge is 2.39. The predicted molar refractivity (Wildman–Crippen MR) is 61.9 cm³/mol. The average Bonchev–Trinajstić information content (AvgIpc) is 2.45. The van der Waals surface area contributed by atoms with Crippen molar-refractivity contribution in [3.63, 3.8) is 0 Å². The molecule has 2 heterocycles. The molecule has 0 saturated heterocycles. The number of alkyl halides is 6. The SMILES string of the molecule is O=C(c1cnccc1C(F)(F)F)c1cnccc1C(F)(F)F. The van der Waals surface area contributed by atoms with Crippen LogP contribution < -0.4 is 0 Å². The topological polar surface area (TPSA) is 42.9 Å². The third-order valence-corrected chi connectivity index (χ3v) is 2.74. The molecule has 0 amide bonds. The van der Waals surface area contributed by atoms with Gasteiger partial charge in [-0.25, -0.2) is 0 Å². The van der Waals surface area contributed by atoms with Gasteiger partial charge in [-0.05, 0) is 12.1 Å². The molecule has 0 saturated carbocycles. The number of nitrogens with zero attached hydrogens (tertiary/aromatic N) is 2. The van der Waals surface area contributed by atoms with Gasteiger partial charge >= 0.3 is 12.4 Å². The zero-order valence-corrected chi connectivity index (χ0v) is 10.5. The number of aromatic nitrogens is 2. The van der Waals surface area contributed by atoms with Crippen LogP contribution in [-0.4, -0.2) is 15.8 Å². The molecule has 22 heavy (non-hydrogen) atoms. The van der Waals surface area contributed by atoms with Crippen LogP contribution in [-0.2, 0) is 12.4 Å². The standard InChI is InChI=1S/C13H6F6N2O/c14-12(15,16)9-1-3-20-5-7(9)11(22)8-6-21-4-2-10(8)13(17,18)19/h1-6H. The molecule has 2 aromatic rings. The molecule has 2 rings (SSSR count). The fraction of sp³-hybridized carbons (Fsp3) is 0.154. The number of hydrogen-bond acceptors (Lipinski definition) is 3. The van der Waals surface area contributed by atoms with Crippen LogP contribution in [0.4, 0.5) is 26.3 Å². The van der Waals surface area contributed by atoms with Gasteiger partial charge < -0.3 is 0 Å². The Kier molecular flexibility index (Phi) is 3.90. The second-order valence-corrected chi connectivity index (χ2v) is 4.17. The Labute approximate surface area is 119 Å². The largest absolute Gasteiger partial charge is 0.417 e. The van der Waals surface area contributed by atoms with Gasteiger partial charge in [0.25, 0.3) is 0 Å². The minimum atomic E-state index is -4.89. The number of pyridine rings is 2. The predicted octanol–water partition coefficient (Wildman–Crippen LogP) is 3.75. The van der Waals surface area contributed by atoms with Gasteiger partial charge in [0.05, 0.1) is 22.3 Å². The molecule has 0 radical (unpaired) electrons. The van der Waals surface area contributed by atoms with E-state index in [0.717, 1.165) is 12.4 Å². The molecule has 0 aromatic carbocycles. The second kappa shape index (κ2) is 5.39. The zero-order chi connectivity index (χ0) is 16.5. The van der Waals surface area contributed by atoms with Crippen molar-refractivity contribution in [1.29, 1.82) is 0 Å². The molecule has 0 N–H and O–H groups in total. The lowest BCUT2D eigenvalue weighted by Crippen LogP contribution is -2.18. The zero-order valence-electron chi connectivity index (χ0n) is 10.5. The second-order valence-electron chi connectivity index (χ2n) is 4.17. The minimum absolute atomic E-state index is 0.525.